The maximum atomic E-state index is 12.0. The molecule has 1 aromatic rings. The maximum Gasteiger partial charge on any atom is 0.224 e. The lowest BCUT2D eigenvalue weighted by molar-refractivity contribution is -0.120. The summed E-state index contributed by atoms with van der Waals surface area (Å²) in [4.78, 5) is 12.0. The highest BCUT2D eigenvalue weighted by Gasteiger charge is 2.26. The predicted octanol–water partition coefficient (Wildman–Crippen LogP) is 4.34. The van der Waals surface area contributed by atoms with Gasteiger partial charge in [-0.2, -0.15) is 0 Å². The summed E-state index contributed by atoms with van der Waals surface area (Å²) in [6.07, 6.45) is 5.47. The van der Waals surface area contributed by atoms with Gasteiger partial charge in [0.25, 0.3) is 0 Å². The molecule has 1 amide bonds. The summed E-state index contributed by atoms with van der Waals surface area (Å²) in [6.45, 7) is 2.65. The van der Waals surface area contributed by atoms with Crippen LogP contribution >= 0.6 is 23.2 Å². The molecule has 0 radical (unpaired) electrons. The number of benzene rings is 1. The van der Waals surface area contributed by atoms with Gasteiger partial charge in [0.05, 0.1) is 11.6 Å². The van der Waals surface area contributed by atoms with Gasteiger partial charge in [0.2, 0.25) is 5.91 Å². The Balaban J connectivity index is 1.69. The van der Waals surface area contributed by atoms with Crippen molar-refractivity contribution >= 4 is 29.1 Å². The zero-order valence-electron chi connectivity index (χ0n) is 13.8. The summed E-state index contributed by atoms with van der Waals surface area (Å²) >= 11 is 11.8. The number of hydrogen-bond acceptors (Lipinski definition) is 3. The lowest BCUT2D eigenvalue weighted by atomic mass is 9.79. The van der Waals surface area contributed by atoms with Gasteiger partial charge in [0.15, 0.2) is 0 Å². The normalized spacial score (nSPS) is 20.4. The van der Waals surface area contributed by atoms with Crippen LogP contribution in [0.1, 0.15) is 39.0 Å². The molecule has 0 aromatic heterocycles. The fourth-order valence-electron chi connectivity index (χ4n) is 2.52. The number of nitrogens with one attached hydrogen (secondary N) is 1. The molecule has 0 aliphatic heterocycles. The standard InChI is InChI=1S/C18H23Cl2NO3/c1-18(12-22)8-6-14(7-9-18)21-17(23)3-2-10-24-16-5-4-13(19)11-15(16)20/h4-6,11,22H,2-3,7-10,12H2,1H3,(H,21,23). The summed E-state index contributed by atoms with van der Waals surface area (Å²) in [5, 5.41) is 13.3. The quantitative estimate of drug-likeness (QED) is 0.701. The molecule has 24 heavy (non-hydrogen) atoms. The van der Waals surface area contributed by atoms with Crippen molar-refractivity contribution in [3.63, 3.8) is 0 Å². The smallest absolute Gasteiger partial charge is 0.224 e. The summed E-state index contributed by atoms with van der Waals surface area (Å²) in [5.74, 6) is 0.555. The average molecular weight is 372 g/mol. The lowest BCUT2D eigenvalue weighted by Gasteiger charge is -2.30. The van der Waals surface area contributed by atoms with Crippen LogP contribution in [-0.2, 0) is 4.79 Å². The molecule has 0 bridgehead atoms. The van der Waals surface area contributed by atoms with Crippen molar-refractivity contribution in [2.45, 2.75) is 39.0 Å². The Morgan fingerprint density at radius 1 is 1.42 bits per heavy atom. The first kappa shape index (κ1) is 19.1. The summed E-state index contributed by atoms with van der Waals surface area (Å²) in [6, 6.07) is 5.06. The van der Waals surface area contributed by atoms with Crippen LogP contribution < -0.4 is 10.1 Å². The van der Waals surface area contributed by atoms with Crippen molar-refractivity contribution in [1.82, 2.24) is 5.32 Å². The number of carbonyl (C=O) groups is 1. The van der Waals surface area contributed by atoms with Crippen LogP contribution in [0.2, 0.25) is 10.0 Å². The number of halogens is 2. The highest BCUT2D eigenvalue weighted by atomic mass is 35.5. The van der Waals surface area contributed by atoms with Crippen molar-refractivity contribution in [3.05, 3.63) is 40.0 Å². The minimum absolute atomic E-state index is 0.0142. The molecule has 6 heteroatoms. The second-order valence-corrected chi connectivity index (χ2v) is 7.32. The first-order valence-electron chi connectivity index (χ1n) is 8.09. The van der Waals surface area contributed by atoms with Crippen LogP contribution in [0.4, 0.5) is 0 Å². The van der Waals surface area contributed by atoms with E-state index in [1.165, 1.54) is 0 Å². The Morgan fingerprint density at radius 2 is 2.21 bits per heavy atom. The van der Waals surface area contributed by atoms with Gasteiger partial charge in [-0.25, -0.2) is 0 Å². The fraction of sp³-hybridized carbons (Fsp3) is 0.500. The third-order valence-corrected chi connectivity index (χ3v) is 4.75. The van der Waals surface area contributed by atoms with Crippen LogP contribution in [0, 0.1) is 5.41 Å². The molecule has 1 aliphatic rings. The van der Waals surface area contributed by atoms with E-state index in [-0.39, 0.29) is 17.9 Å². The highest BCUT2D eigenvalue weighted by molar-refractivity contribution is 6.35. The molecular weight excluding hydrogens is 349 g/mol. The van der Waals surface area contributed by atoms with Crippen LogP contribution in [0.3, 0.4) is 0 Å². The van der Waals surface area contributed by atoms with Crippen molar-refractivity contribution in [1.29, 1.82) is 0 Å². The number of hydrogen-bond donors (Lipinski definition) is 2. The monoisotopic (exact) mass is 371 g/mol. The largest absolute Gasteiger partial charge is 0.492 e. The predicted molar refractivity (Wildman–Crippen MR) is 96.5 cm³/mol. The molecule has 132 valence electrons. The molecule has 1 atom stereocenters. The van der Waals surface area contributed by atoms with Gasteiger partial charge < -0.3 is 15.2 Å². The summed E-state index contributed by atoms with van der Waals surface area (Å²) in [7, 11) is 0. The van der Waals surface area contributed by atoms with E-state index < -0.39 is 0 Å². The Morgan fingerprint density at radius 3 is 2.83 bits per heavy atom. The van der Waals surface area contributed by atoms with E-state index in [1.54, 1.807) is 18.2 Å². The third kappa shape index (κ3) is 5.69. The molecule has 1 aliphatic carbocycles. The molecule has 1 unspecified atom stereocenters. The third-order valence-electron chi connectivity index (χ3n) is 4.22. The Kier molecular flexibility index (Phi) is 6.96. The van der Waals surface area contributed by atoms with Crippen molar-refractivity contribution in [3.8, 4) is 5.75 Å². The van der Waals surface area contributed by atoms with E-state index in [9.17, 15) is 9.90 Å². The molecule has 2 rings (SSSR count). The number of amides is 1. The van der Waals surface area contributed by atoms with E-state index >= 15 is 0 Å². The maximum absolute atomic E-state index is 12.0. The second kappa shape index (κ2) is 8.75. The molecule has 2 N–H and O–H groups in total. The van der Waals surface area contributed by atoms with Crippen LogP contribution in [0.5, 0.6) is 5.75 Å². The van der Waals surface area contributed by atoms with Gasteiger partial charge in [-0.3, -0.25) is 4.79 Å². The van der Waals surface area contributed by atoms with Crippen LogP contribution in [0.15, 0.2) is 30.0 Å². The highest BCUT2D eigenvalue weighted by Crippen LogP contribution is 2.33. The Labute approximate surface area is 152 Å². The Hall–Kier alpha value is -1.23. The zero-order valence-corrected chi connectivity index (χ0v) is 15.3. The number of carbonyl (C=O) groups excluding carboxylic acids is 1. The Bertz CT molecular complexity index is 618. The molecule has 0 spiro atoms. The van der Waals surface area contributed by atoms with Gasteiger partial charge in [0.1, 0.15) is 5.75 Å². The SMILES string of the molecule is CC1(CO)CC=C(NC(=O)CCCOc2ccc(Cl)cc2Cl)CC1. The number of allylic oxidation sites excluding steroid dienone is 2. The number of aliphatic hydroxyl groups excluding tert-OH is 1. The van der Waals surface area contributed by atoms with E-state index in [1.807, 2.05) is 6.08 Å². The van der Waals surface area contributed by atoms with Gasteiger partial charge in [0, 0.05) is 23.7 Å². The first-order chi connectivity index (χ1) is 11.4. The number of rotatable bonds is 7. The minimum atomic E-state index is -0.0556. The summed E-state index contributed by atoms with van der Waals surface area (Å²) < 4.78 is 5.56. The van der Waals surface area contributed by atoms with Gasteiger partial charge in [-0.15, -0.1) is 0 Å². The minimum Gasteiger partial charge on any atom is -0.492 e. The number of ether oxygens (including phenoxy) is 1. The van der Waals surface area contributed by atoms with E-state index in [0.29, 0.717) is 35.2 Å². The van der Waals surface area contributed by atoms with Gasteiger partial charge >= 0.3 is 0 Å². The summed E-state index contributed by atoms with van der Waals surface area (Å²) in [5.41, 5.74) is 0.896. The van der Waals surface area contributed by atoms with E-state index in [4.69, 9.17) is 27.9 Å². The molecule has 0 saturated carbocycles. The van der Waals surface area contributed by atoms with E-state index in [0.717, 1.165) is 25.0 Å². The second-order valence-electron chi connectivity index (χ2n) is 6.48. The van der Waals surface area contributed by atoms with Crippen molar-refractivity contribution in [2.24, 2.45) is 5.41 Å². The van der Waals surface area contributed by atoms with Crippen LogP contribution in [0.25, 0.3) is 0 Å². The molecule has 4 nitrogen and oxygen atoms in total. The molecule has 0 saturated heterocycles. The van der Waals surface area contributed by atoms with Gasteiger partial charge in [-0.1, -0.05) is 36.2 Å². The van der Waals surface area contributed by atoms with Crippen LogP contribution in [-0.4, -0.2) is 24.2 Å². The topological polar surface area (TPSA) is 58.6 Å². The molecule has 1 aromatic carbocycles. The fourth-order valence-corrected chi connectivity index (χ4v) is 2.98. The molecule has 0 fully saturated rings. The zero-order chi connectivity index (χ0) is 17.6. The van der Waals surface area contributed by atoms with Gasteiger partial charge in [-0.05, 0) is 49.3 Å². The van der Waals surface area contributed by atoms with Crippen molar-refractivity contribution < 1.29 is 14.6 Å². The molecular formula is C18H23Cl2NO3. The average Bonchev–Trinajstić information content (AvgIpc) is 2.55. The lowest BCUT2D eigenvalue weighted by Crippen LogP contribution is -2.29. The van der Waals surface area contributed by atoms with Crippen molar-refractivity contribution in [2.75, 3.05) is 13.2 Å². The first-order valence-corrected chi connectivity index (χ1v) is 8.85. The molecule has 0 heterocycles. The number of aliphatic hydroxyl groups is 1. The van der Waals surface area contributed by atoms with E-state index in [2.05, 4.69) is 12.2 Å².